The molecule has 0 aliphatic rings. The van der Waals surface area contributed by atoms with Gasteiger partial charge in [0.2, 0.25) is 0 Å². The molecule has 0 saturated heterocycles. The van der Waals surface area contributed by atoms with E-state index < -0.39 is 0 Å². The zero-order valence-corrected chi connectivity index (χ0v) is 10.5. The molecule has 0 radical (unpaired) electrons. The molecule has 18 heavy (non-hydrogen) atoms. The Hall–Kier alpha value is -1.93. The molecule has 0 nitrogen and oxygen atoms in total. The van der Waals surface area contributed by atoms with E-state index in [4.69, 9.17) is 0 Å². The van der Waals surface area contributed by atoms with Gasteiger partial charge in [0.05, 0.1) is 0 Å². The summed E-state index contributed by atoms with van der Waals surface area (Å²) in [6, 6.07) is 17.5. The van der Waals surface area contributed by atoms with E-state index in [1.54, 1.807) is 6.08 Å². The molecule has 0 fully saturated rings. The minimum atomic E-state index is -0.191. The summed E-state index contributed by atoms with van der Waals surface area (Å²) in [5.74, 6) is -0.191. The zero-order chi connectivity index (χ0) is 12.4. The molecule has 1 heterocycles. The van der Waals surface area contributed by atoms with Gasteiger partial charge in [0, 0.05) is 10.4 Å². The topological polar surface area (TPSA) is 0 Å². The molecule has 0 amide bonds. The molecule has 2 aromatic carbocycles. The molecule has 1 aromatic heterocycles. The van der Waals surface area contributed by atoms with Gasteiger partial charge >= 0.3 is 0 Å². The molecule has 0 unspecified atom stereocenters. The highest BCUT2D eigenvalue weighted by atomic mass is 32.1. The summed E-state index contributed by atoms with van der Waals surface area (Å²) in [5, 5.41) is 4.13. The second-order valence-electron chi connectivity index (χ2n) is 4.07. The molecule has 0 saturated carbocycles. The van der Waals surface area contributed by atoms with Crippen molar-refractivity contribution in [2.24, 2.45) is 0 Å². The Morgan fingerprint density at radius 1 is 0.944 bits per heavy atom. The van der Waals surface area contributed by atoms with Crippen LogP contribution in [0.3, 0.4) is 0 Å². The zero-order valence-electron chi connectivity index (χ0n) is 9.64. The van der Waals surface area contributed by atoms with Crippen molar-refractivity contribution < 1.29 is 4.39 Å². The maximum absolute atomic E-state index is 14.1. The highest BCUT2D eigenvalue weighted by Crippen LogP contribution is 2.25. The van der Waals surface area contributed by atoms with Crippen LogP contribution in [0.4, 0.5) is 4.39 Å². The van der Waals surface area contributed by atoms with Gasteiger partial charge in [-0.05, 0) is 34.4 Å². The molecule has 0 aliphatic heterocycles. The number of hydrogen-bond donors (Lipinski definition) is 0. The molecule has 0 spiro atoms. The molecule has 3 aromatic rings. The number of thiophene rings is 1. The monoisotopic (exact) mass is 254 g/mol. The summed E-state index contributed by atoms with van der Waals surface area (Å²) in [6.45, 7) is 0. The molecule has 3 rings (SSSR count). The summed E-state index contributed by atoms with van der Waals surface area (Å²) in [5.41, 5.74) is 0.627. The first-order valence-corrected chi connectivity index (χ1v) is 6.61. The van der Waals surface area contributed by atoms with Crippen LogP contribution >= 0.6 is 11.3 Å². The van der Waals surface area contributed by atoms with Crippen molar-refractivity contribution in [2.75, 3.05) is 0 Å². The third kappa shape index (κ3) is 2.20. The number of hydrogen-bond acceptors (Lipinski definition) is 1. The fourth-order valence-corrected chi connectivity index (χ4v) is 2.56. The Morgan fingerprint density at radius 3 is 2.56 bits per heavy atom. The van der Waals surface area contributed by atoms with Crippen LogP contribution in [0, 0.1) is 0 Å². The lowest BCUT2D eigenvalue weighted by Gasteiger charge is -2.01. The maximum Gasteiger partial charge on any atom is 0.131 e. The first-order valence-electron chi connectivity index (χ1n) is 5.73. The number of benzene rings is 2. The first-order chi connectivity index (χ1) is 8.83. The normalized spacial score (nSPS) is 11.9. The Morgan fingerprint density at radius 2 is 1.78 bits per heavy atom. The smallest absolute Gasteiger partial charge is 0.131 e. The van der Waals surface area contributed by atoms with Crippen LogP contribution in [0.1, 0.15) is 10.4 Å². The summed E-state index contributed by atoms with van der Waals surface area (Å²) in [7, 11) is 0. The van der Waals surface area contributed by atoms with Gasteiger partial charge in [-0.15, -0.1) is 11.3 Å². The number of halogens is 1. The quantitative estimate of drug-likeness (QED) is 0.576. The second kappa shape index (κ2) is 4.75. The van der Waals surface area contributed by atoms with Crippen molar-refractivity contribution >= 4 is 34.0 Å². The molecule has 0 N–H and O–H groups in total. The predicted octanol–water partition coefficient (Wildman–Crippen LogP) is 5.37. The Kier molecular flexibility index (Phi) is 2.95. The van der Waals surface area contributed by atoms with Crippen LogP contribution in [0.5, 0.6) is 0 Å². The van der Waals surface area contributed by atoms with Gasteiger partial charge in [-0.25, -0.2) is 4.39 Å². The van der Waals surface area contributed by atoms with Crippen LogP contribution in [-0.2, 0) is 0 Å². The van der Waals surface area contributed by atoms with E-state index in [0.717, 1.165) is 15.6 Å². The molecule has 0 aliphatic carbocycles. The molecular weight excluding hydrogens is 243 g/mol. The summed E-state index contributed by atoms with van der Waals surface area (Å²) in [6.07, 6.45) is 1.58. The van der Waals surface area contributed by atoms with E-state index >= 15 is 0 Å². The van der Waals surface area contributed by atoms with Crippen LogP contribution in [-0.4, -0.2) is 0 Å². The highest BCUT2D eigenvalue weighted by molar-refractivity contribution is 7.10. The van der Waals surface area contributed by atoms with Gasteiger partial charge in [-0.3, -0.25) is 0 Å². The Balaban J connectivity index is 2.04. The minimum absolute atomic E-state index is 0.191. The van der Waals surface area contributed by atoms with Crippen LogP contribution in [0.25, 0.3) is 22.7 Å². The average Bonchev–Trinajstić information content (AvgIpc) is 2.91. The Bertz CT molecular complexity index is 696. The number of fused-ring (bicyclic) bond motifs is 1. The summed E-state index contributed by atoms with van der Waals surface area (Å²) < 4.78 is 14.1. The predicted molar refractivity (Wildman–Crippen MR) is 77.2 cm³/mol. The van der Waals surface area contributed by atoms with E-state index in [2.05, 4.69) is 0 Å². The van der Waals surface area contributed by atoms with E-state index in [0.29, 0.717) is 5.56 Å². The maximum atomic E-state index is 14.1. The van der Waals surface area contributed by atoms with E-state index in [-0.39, 0.29) is 5.83 Å². The van der Waals surface area contributed by atoms with E-state index in [1.807, 2.05) is 60.0 Å². The third-order valence-corrected chi connectivity index (χ3v) is 3.66. The molecule has 0 bridgehead atoms. The molecular formula is C16H11FS. The van der Waals surface area contributed by atoms with E-state index in [9.17, 15) is 4.39 Å². The SMILES string of the molecule is F/C(=C\c1cccs1)c1ccc2ccccc2c1. The Labute approximate surface area is 109 Å². The second-order valence-corrected chi connectivity index (χ2v) is 5.05. The fraction of sp³-hybridized carbons (Fsp3) is 0. The van der Waals surface area contributed by atoms with Crippen molar-refractivity contribution in [2.45, 2.75) is 0 Å². The van der Waals surface area contributed by atoms with Crippen molar-refractivity contribution in [3.63, 3.8) is 0 Å². The lowest BCUT2D eigenvalue weighted by Crippen LogP contribution is -1.79. The summed E-state index contributed by atoms with van der Waals surface area (Å²) >= 11 is 1.53. The van der Waals surface area contributed by atoms with Gasteiger partial charge in [0.1, 0.15) is 5.83 Å². The largest absolute Gasteiger partial charge is 0.206 e. The standard InChI is InChI=1S/C16H11FS/c17-16(11-15-6-3-9-18-15)14-8-7-12-4-1-2-5-13(12)10-14/h1-11H/b16-11-. The lowest BCUT2D eigenvalue weighted by atomic mass is 10.1. The van der Waals surface area contributed by atoms with Gasteiger partial charge in [0.15, 0.2) is 0 Å². The van der Waals surface area contributed by atoms with Gasteiger partial charge < -0.3 is 0 Å². The van der Waals surface area contributed by atoms with Crippen molar-refractivity contribution in [1.29, 1.82) is 0 Å². The van der Waals surface area contributed by atoms with Crippen molar-refractivity contribution in [3.8, 4) is 0 Å². The van der Waals surface area contributed by atoms with Crippen LogP contribution < -0.4 is 0 Å². The first kappa shape index (κ1) is 11.2. The van der Waals surface area contributed by atoms with Crippen LogP contribution in [0.15, 0.2) is 60.0 Å². The highest BCUT2D eigenvalue weighted by Gasteiger charge is 2.02. The van der Waals surface area contributed by atoms with Gasteiger partial charge in [-0.1, -0.05) is 42.5 Å². The molecule has 88 valence electrons. The lowest BCUT2D eigenvalue weighted by molar-refractivity contribution is 0.766. The molecule has 2 heteroatoms. The summed E-state index contributed by atoms with van der Waals surface area (Å²) in [4.78, 5) is 0.931. The third-order valence-electron chi connectivity index (χ3n) is 2.84. The van der Waals surface area contributed by atoms with Gasteiger partial charge in [0.25, 0.3) is 0 Å². The number of rotatable bonds is 2. The van der Waals surface area contributed by atoms with E-state index in [1.165, 1.54) is 11.3 Å². The fourth-order valence-electron chi connectivity index (χ4n) is 1.92. The van der Waals surface area contributed by atoms with Crippen molar-refractivity contribution in [3.05, 3.63) is 70.4 Å². The molecule has 0 atom stereocenters. The van der Waals surface area contributed by atoms with Crippen molar-refractivity contribution in [1.82, 2.24) is 0 Å². The minimum Gasteiger partial charge on any atom is -0.206 e. The average molecular weight is 254 g/mol. The van der Waals surface area contributed by atoms with Gasteiger partial charge in [-0.2, -0.15) is 0 Å². The van der Waals surface area contributed by atoms with Crippen LogP contribution in [0.2, 0.25) is 0 Å².